The highest BCUT2D eigenvalue weighted by molar-refractivity contribution is 5.80. The molecule has 8 heteroatoms. The molecule has 1 saturated heterocycles. The van der Waals surface area contributed by atoms with Gasteiger partial charge >= 0.3 is 6.03 Å². The molecule has 0 spiro atoms. The quantitative estimate of drug-likeness (QED) is 0.913. The fourth-order valence-corrected chi connectivity index (χ4v) is 2.90. The third kappa shape index (κ3) is 4.01. The van der Waals surface area contributed by atoms with Gasteiger partial charge in [-0.15, -0.1) is 0 Å². The maximum atomic E-state index is 12.4. The van der Waals surface area contributed by atoms with Crippen LogP contribution in [0.1, 0.15) is 18.5 Å². The summed E-state index contributed by atoms with van der Waals surface area (Å²) in [6, 6.07) is 5.23. The molecule has 3 amide bonds. The van der Waals surface area contributed by atoms with Crippen LogP contribution in [0.15, 0.2) is 33.4 Å². The molecule has 0 aliphatic carbocycles. The number of urea groups is 1. The Morgan fingerprint density at radius 3 is 2.96 bits per heavy atom. The largest absolute Gasteiger partial charge is 0.461 e. The number of carbonyl (C=O) groups excluding carboxylic acids is 2. The minimum atomic E-state index is -0.200. The summed E-state index contributed by atoms with van der Waals surface area (Å²) in [7, 11) is 3.43. The molecule has 1 fully saturated rings. The van der Waals surface area contributed by atoms with E-state index in [1.54, 1.807) is 43.5 Å². The minimum Gasteiger partial charge on any atom is -0.461 e. The molecule has 1 atom stereocenters. The number of furan rings is 1. The van der Waals surface area contributed by atoms with Crippen molar-refractivity contribution in [1.82, 2.24) is 20.3 Å². The third-order valence-corrected chi connectivity index (χ3v) is 4.21. The van der Waals surface area contributed by atoms with Crippen LogP contribution >= 0.6 is 0 Å². The van der Waals surface area contributed by atoms with Crippen molar-refractivity contribution in [3.05, 3.63) is 30.2 Å². The average molecular weight is 346 g/mol. The van der Waals surface area contributed by atoms with E-state index < -0.39 is 0 Å². The van der Waals surface area contributed by atoms with Gasteiger partial charge in [0.15, 0.2) is 5.76 Å². The molecule has 1 N–H and O–H groups in total. The number of piperidine rings is 1. The standard InChI is InChI=1S/C17H22N4O4/c1-20(2)17(23)21-7-3-5-12(11-21)16(22)18-10-13-9-15(25-19-13)14-6-4-8-24-14/h4,6,8-9,12H,3,5,7,10-11H2,1-2H3,(H,18,22)/t12-/m0/s1. The second kappa shape index (κ2) is 7.42. The van der Waals surface area contributed by atoms with E-state index in [1.807, 2.05) is 0 Å². The van der Waals surface area contributed by atoms with Crippen molar-refractivity contribution in [1.29, 1.82) is 0 Å². The van der Waals surface area contributed by atoms with Gasteiger partial charge < -0.3 is 24.1 Å². The second-order valence-electron chi connectivity index (χ2n) is 6.34. The van der Waals surface area contributed by atoms with Gasteiger partial charge in [-0.1, -0.05) is 5.16 Å². The van der Waals surface area contributed by atoms with E-state index in [4.69, 9.17) is 8.94 Å². The Bertz CT molecular complexity index is 723. The van der Waals surface area contributed by atoms with Crippen LogP contribution in [0.2, 0.25) is 0 Å². The molecular weight excluding hydrogens is 324 g/mol. The van der Waals surface area contributed by atoms with Gasteiger partial charge in [-0.05, 0) is 25.0 Å². The highest BCUT2D eigenvalue weighted by Crippen LogP contribution is 2.21. The fourth-order valence-electron chi connectivity index (χ4n) is 2.90. The lowest BCUT2D eigenvalue weighted by molar-refractivity contribution is -0.126. The molecule has 0 bridgehead atoms. The van der Waals surface area contributed by atoms with Crippen molar-refractivity contribution >= 4 is 11.9 Å². The minimum absolute atomic E-state index is 0.0582. The van der Waals surface area contributed by atoms with Crippen molar-refractivity contribution in [3.8, 4) is 11.5 Å². The zero-order valence-electron chi connectivity index (χ0n) is 14.4. The number of amides is 3. The van der Waals surface area contributed by atoms with E-state index >= 15 is 0 Å². The van der Waals surface area contributed by atoms with E-state index in [0.717, 1.165) is 12.8 Å². The maximum absolute atomic E-state index is 12.4. The lowest BCUT2D eigenvalue weighted by Gasteiger charge is -2.33. The molecule has 134 valence electrons. The summed E-state index contributed by atoms with van der Waals surface area (Å²) in [5.41, 5.74) is 0.622. The summed E-state index contributed by atoms with van der Waals surface area (Å²) < 4.78 is 10.5. The van der Waals surface area contributed by atoms with Crippen LogP contribution in [-0.2, 0) is 11.3 Å². The molecule has 3 rings (SSSR count). The van der Waals surface area contributed by atoms with Gasteiger partial charge in [-0.3, -0.25) is 4.79 Å². The first-order chi connectivity index (χ1) is 12.0. The van der Waals surface area contributed by atoms with Crippen LogP contribution < -0.4 is 5.32 Å². The molecular formula is C17H22N4O4. The molecule has 1 aliphatic rings. The van der Waals surface area contributed by atoms with Gasteiger partial charge in [0.05, 0.1) is 18.7 Å². The van der Waals surface area contributed by atoms with Crippen LogP contribution in [0.3, 0.4) is 0 Å². The number of carbonyl (C=O) groups is 2. The normalized spacial score (nSPS) is 17.4. The first kappa shape index (κ1) is 17.1. The summed E-state index contributed by atoms with van der Waals surface area (Å²) >= 11 is 0. The van der Waals surface area contributed by atoms with Crippen molar-refractivity contribution in [2.24, 2.45) is 5.92 Å². The molecule has 1 aliphatic heterocycles. The predicted molar refractivity (Wildman–Crippen MR) is 89.4 cm³/mol. The van der Waals surface area contributed by atoms with E-state index in [9.17, 15) is 9.59 Å². The summed E-state index contributed by atoms with van der Waals surface area (Å²) in [4.78, 5) is 27.7. The van der Waals surface area contributed by atoms with Gasteiger partial charge in [-0.2, -0.15) is 0 Å². The fraction of sp³-hybridized carbons (Fsp3) is 0.471. The number of aromatic nitrogens is 1. The molecule has 0 unspecified atom stereocenters. The Hall–Kier alpha value is -2.77. The Kier molecular flexibility index (Phi) is 5.06. The molecule has 2 aromatic heterocycles. The highest BCUT2D eigenvalue weighted by atomic mass is 16.5. The lowest BCUT2D eigenvalue weighted by Crippen LogP contribution is -2.48. The smallest absolute Gasteiger partial charge is 0.319 e. The third-order valence-electron chi connectivity index (χ3n) is 4.21. The molecule has 0 aromatic carbocycles. The zero-order valence-corrected chi connectivity index (χ0v) is 14.4. The summed E-state index contributed by atoms with van der Waals surface area (Å²) in [6.07, 6.45) is 3.16. The topological polar surface area (TPSA) is 91.8 Å². The van der Waals surface area contributed by atoms with Gasteiger partial charge in [-0.25, -0.2) is 4.79 Å². The van der Waals surface area contributed by atoms with E-state index in [0.29, 0.717) is 30.3 Å². The first-order valence-electron chi connectivity index (χ1n) is 8.28. The Balaban J connectivity index is 1.53. The van der Waals surface area contributed by atoms with Crippen molar-refractivity contribution in [3.63, 3.8) is 0 Å². The van der Waals surface area contributed by atoms with Crippen molar-refractivity contribution in [2.45, 2.75) is 19.4 Å². The molecule has 3 heterocycles. The van der Waals surface area contributed by atoms with Crippen LogP contribution in [0, 0.1) is 5.92 Å². The highest BCUT2D eigenvalue weighted by Gasteiger charge is 2.29. The lowest BCUT2D eigenvalue weighted by atomic mass is 9.97. The number of nitrogens with one attached hydrogen (secondary N) is 1. The van der Waals surface area contributed by atoms with Crippen LogP contribution in [-0.4, -0.2) is 54.1 Å². The molecule has 25 heavy (non-hydrogen) atoms. The van der Waals surface area contributed by atoms with Crippen LogP contribution in [0.5, 0.6) is 0 Å². The second-order valence-corrected chi connectivity index (χ2v) is 6.34. The summed E-state index contributed by atoms with van der Waals surface area (Å²) in [5, 5.41) is 6.81. The van der Waals surface area contributed by atoms with Crippen molar-refractivity contribution < 1.29 is 18.5 Å². The van der Waals surface area contributed by atoms with Crippen LogP contribution in [0.4, 0.5) is 4.79 Å². The monoisotopic (exact) mass is 346 g/mol. The summed E-state index contributed by atoms with van der Waals surface area (Å²) in [6.45, 7) is 1.41. The SMILES string of the molecule is CN(C)C(=O)N1CCC[C@H](C(=O)NCc2cc(-c3ccco3)on2)C1. The first-order valence-corrected chi connectivity index (χ1v) is 8.28. The number of nitrogens with zero attached hydrogens (tertiary/aromatic N) is 3. The number of hydrogen-bond donors (Lipinski definition) is 1. The molecule has 0 radical (unpaired) electrons. The van der Waals surface area contributed by atoms with Crippen molar-refractivity contribution in [2.75, 3.05) is 27.2 Å². The average Bonchev–Trinajstić information content (AvgIpc) is 3.30. The van der Waals surface area contributed by atoms with Crippen LogP contribution in [0.25, 0.3) is 11.5 Å². The maximum Gasteiger partial charge on any atom is 0.319 e. The summed E-state index contributed by atoms with van der Waals surface area (Å²) in [5.74, 6) is 0.845. The zero-order chi connectivity index (χ0) is 17.8. The van der Waals surface area contributed by atoms with Gasteiger partial charge in [0.25, 0.3) is 0 Å². The van der Waals surface area contributed by atoms with Gasteiger partial charge in [0.1, 0.15) is 5.69 Å². The van der Waals surface area contributed by atoms with E-state index in [-0.39, 0.29) is 24.4 Å². The Labute approximate surface area is 145 Å². The number of rotatable bonds is 4. The van der Waals surface area contributed by atoms with Gasteiger partial charge in [0.2, 0.25) is 11.7 Å². The molecule has 8 nitrogen and oxygen atoms in total. The Morgan fingerprint density at radius 2 is 2.24 bits per heavy atom. The molecule has 0 saturated carbocycles. The molecule has 2 aromatic rings. The Morgan fingerprint density at radius 1 is 1.40 bits per heavy atom. The van der Waals surface area contributed by atoms with E-state index in [2.05, 4.69) is 10.5 Å². The van der Waals surface area contributed by atoms with Gasteiger partial charge in [0, 0.05) is 33.3 Å². The van der Waals surface area contributed by atoms with E-state index in [1.165, 1.54) is 4.90 Å². The number of hydrogen-bond acceptors (Lipinski definition) is 5. The predicted octanol–water partition coefficient (Wildman–Crippen LogP) is 1.94. The number of likely N-dealkylation sites (tertiary alicyclic amines) is 1.